The molecule has 19 heavy (non-hydrogen) atoms. The largest absolute Gasteiger partial charge is 0.499 e. The number of halogens is 1. The Labute approximate surface area is 123 Å². The highest BCUT2D eigenvalue weighted by molar-refractivity contribution is 6.62. The second-order valence-corrected chi connectivity index (χ2v) is 5.32. The highest BCUT2D eigenvalue weighted by Crippen LogP contribution is 2.36. The van der Waals surface area contributed by atoms with Crippen molar-refractivity contribution >= 4 is 12.6 Å². The smallest absolute Gasteiger partial charge is 0.481 e. The summed E-state index contributed by atoms with van der Waals surface area (Å²) in [6.07, 6.45) is -0.728. The van der Waals surface area contributed by atoms with Crippen molar-refractivity contribution in [3.63, 3.8) is 0 Å². The predicted molar refractivity (Wildman–Crippen MR) is 71.2 cm³/mol. The third-order valence-corrected chi connectivity index (χ3v) is 3.53. The molecule has 1 aliphatic rings. The molecule has 2 rings (SSSR count). The van der Waals surface area contributed by atoms with Crippen LogP contribution in [-0.4, -0.2) is 30.3 Å². The van der Waals surface area contributed by atoms with Crippen molar-refractivity contribution in [3.05, 3.63) is 17.6 Å². The number of pyridine rings is 1. The van der Waals surface area contributed by atoms with Gasteiger partial charge in [-0.3, -0.25) is 0 Å². The van der Waals surface area contributed by atoms with Gasteiger partial charge in [0.25, 0.3) is 0 Å². The Kier molecular flexibility index (Phi) is 1.78. The summed E-state index contributed by atoms with van der Waals surface area (Å²) < 4.78 is 82.6. The number of hydrogen-bond donors (Lipinski definition) is 0. The van der Waals surface area contributed by atoms with E-state index in [-0.39, 0.29) is 0 Å². The minimum absolute atomic E-state index is 0.521. The maximum Gasteiger partial charge on any atom is 0.499 e. The predicted octanol–water partition coefficient (Wildman–Crippen LogP) is 1.84. The molecule has 1 saturated heterocycles. The molecule has 0 aliphatic carbocycles. The molecule has 104 valence electrons. The Morgan fingerprint density at radius 1 is 1.37 bits per heavy atom. The van der Waals surface area contributed by atoms with E-state index in [2.05, 4.69) is 9.72 Å². The van der Waals surface area contributed by atoms with Gasteiger partial charge in [-0.2, -0.15) is 0 Å². The molecule has 2 heterocycles. The van der Waals surface area contributed by atoms with E-state index in [1.807, 2.05) is 0 Å². The van der Waals surface area contributed by atoms with Crippen LogP contribution in [0.1, 0.15) is 42.9 Å². The van der Waals surface area contributed by atoms with E-state index >= 15 is 4.39 Å². The third-order valence-electron chi connectivity index (χ3n) is 3.53. The molecule has 1 aromatic heterocycles. The molecule has 1 aliphatic heterocycles. The molecule has 0 amide bonds. The Balaban J connectivity index is 2.64. The van der Waals surface area contributed by atoms with E-state index < -0.39 is 61.1 Å². The van der Waals surface area contributed by atoms with Crippen LogP contribution in [0.15, 0.2) is 6.17 Å². The maximum absolute atomic E-state index is 15.1. The van der Waals surface area contributed by atoms with Gasteiger partial charge >= 0.3 is 7.12 Å². The van der Waals surface area contributed by atoms with Gasteiger partial charge in [0.1, 0.15) is 5.82 Å². The van der Waals surface area contributed by atoms with Crippen molar-refractivity contribution in [1.29, 1.82) is 0 Å². The lowest BCUT2D eigenvalue weighted by Crippen LogP contribution is -2.41. The van der Waals surface area contributed by atoms with Crippen molar-refractivity contribution in [2.45, 2.75) is 45.7 Å². The van der Waals surface area contributed by atoms with Gasteiger partial charge in [-0.1, -0.05) is 0 Å². The van der Waals surface area contributed by atoms with E-state index in [1.54, 1.807) is 27.7 Å². The summed E-state index contributed by atoms with van der Waals surface area (Å²) in [7, 11) is -4.43. The summed E-state index contributed by atoms with van der Waals surface area (Å²) in [6.45, 7) is 3.76. The highest BCUT2D eigenvalue weighted by Gasteiger charge is 2.52. The monoisotopic (exact) mass is 274 g/mol. The van der Waals surface area contributed by atoms with E-state index in [4.69, 9.17) is 18.9 Å². The number of aromatic nitrogens is 1. The summed E-state index contributed by atoms with van der Waals surface area (Å²) >= 11 is 0. The van der Waals surface area contributed by atoms with Crippen molar-refractivity contribution in [2.75, 3.05) is 7.04 Å². The van der Waals surface area contributed by atoms with Crippen LogP contribution in [0.25, 0.3) is 0 Å². The first-order valence-electron chi connectivity index (χ1n) is 9.21. The van der Waals surface area contributed by atoms with Crippen LogP contribution < -0.4 is 10.2 Å². The maximum atomic E-state index is 15.1. The molecule has 0 N–H and O–H groups in total. The fraction of sp³-hybridized carbons (Fsp3) is 0.615. The third kappa shape index (κ3) is 2.23. The molecule has 0 aromatic carbocycles. The van der Waals surface area contributed by atoms with Crippen molar-refractivity contribution < 1.29 is 28.0 Å². The van der Waals surface area contributed by atoms with Gasteiger partial charge in [0, 0.05) is 21.3 Å². The number of hydrogen-bond acceptors (Lipinski definition) is 4. The molecule has 0 unspecified atom stereocenters. The number of methoxy groups -OCH3 is 1. The number of rotatable bonds is 2. The average Bonchev–Trinajstić information content (AvgIpc) is 2.52. The first-order chi connectivity index (χ1) is 11.5. The second kappa shape index (κ2) is 4.46. The van der Waals surface area contributed by atoms with E-state index in [9.17, 15) is 0 Å². The van der Waals surface area contributed by atoms with Crippen LogP contribution in [0.3, 0.4) is 0 Å². The molecule has 0 saturated carbocycles. The highest BCUT2D eigenvalue weighted by atomic mass is 19.1. The molecular formula is C13H19BFNO3. The van der Waals surface area contributed by atoms with Crippen molar-refractivity contribution in [3.8, 4) is 5.88 Å². The molecular weight excluding hydrogens is 248 g/mol. The minimum atomic E-state index is -3.07. The first-order valence-corrected chi connectivity index (χ1v) is 5.71. The SMILES string of the molecule is [2H]c1nc(OC([2H])([2H])[2H])c(C([2H])([2H])[2H])c(F)c1B1OC(C)(C)C(C)(C)O1. The fourth-order valence-electron chi connectivity index (χ4n) is 1.64. The van der Waals surface area contributed by atoms with Gasteiger partial charge in [0.05, 0.1) is 23.7 Å². The lowest BCUT2D eigenvalue weighted by molar-refractivity contribution is 0.00578. The molecule has 6 heteroatoms. The molecule has 4 nitrogen and oxygen atoms in total. The van der Waals surface area contributed by atoms with Gasteiger partial charge in [0.15, 0.2) is 0 Å². The summed E-state index contributed by atoms with van der Waals surface area (Å²) in [4.78, 5) is 3.55. The van der Waals surface area contributed by atoms with Crippen LogP contribution in [0.2, 0.25) is 0 Å². The zero-order valence-electron chi connectivity index (χ0n) is 18.1. The summed E-state index contributed by atoms with van der Waals surface area (Å²) in [5, 5.41) is 0. The zero-order chi connectivity index (χ0) is 20.3. The topological polar surface area (TPSA) is 40.6 Å². The standard InChI is InChI=1S/C13H19BFNO3/c1-8-10(15)9(7-16-11(8)17-6)14-18-12(2,3)13(4,5)19-14/h7H,1-6H3/i1D3,6D3,7D. The van der Waals surface area contributed by atoms with Crippen LogP contribution in [0.5, 0.6) is 5.88 Å². The Bertz CT molecular complexity index is 705. The number of nitrogens with zero attached hydrogens (tertiary/aromatic N) is 1. The van der Waals surface area contributed by atoms with Crippen molar-refractivity contribution in [2.24, 2.45) is 0 Å². The molecule has 0 radical (unpaired) electrons. The van der Waals surface area contributed by atoms with Crippen LogP contribution in [0.4, 0.5) is 4.39 Å². The Hall–Kier alpha value is -1.14. The Morgan fingerprint density at radius 2 is 2.00 bits per heavy atom. The lowest BCUT2D eigenvalue weighted by Gasteiger charge is -2.32. The van der Waals surface area contributed by atoms with Gasteiger partial charge in [-0.05, 0) is 34.5 Å². The summed E-state index contributed by atoms with van der Waals surface area (Å²) in [5.41, 5.74) is -3.27. The van der Waals surface area contributed by atoms with E-state index in [1.165, 1.54) is 0 Å². The molecule has 1 fully saturated rings. The molecule has 0 bridgehead atoms. The summed E-state index contributed by atoms with van der Waals surface area (Å²) in [5.74, 6) is -2.34. The van der Waals surface area contributed by atoms with Gasteiger partial charge in [-0.25, -0.2) is 9.37 Å². The van der Waals surface area contributed by atoms with Gasteiger partial charge in [0.2, 0.25) is 5.88 Å². The first kappa shape index (κ1) is 7.60. The fourth-order valence-corrected chi connectivity index (χ4v) is 1.64. The average molecular weight is 274 g/mol. The van der Waals surface area contributed by atoms with E-state index in [0.717, 1.165) is 0 Å². The van der Waals surface area contributed by atoms with E-state index in [0.29, 0.717) is 0 Å². The lowest BCUT2D eigenvalue weighted by atomic mass is 9.79. The van der Waals surface area contributed by atoms with Crippen LogP contribution in [-0.2, 0) is 9.31 Å². The molecule has 1 aromatic rings. The normalized spacial score (nSPS) is 27.4. The second-order valence-electron chi connectivity index (χ2n) is 5.32. The van der Waals surface area contributed by atoms with Gasteiger partial charge < -0.3 is 14.0 Å². The minimum Gasteiger partial charge on any atom is -0.481 e. The molecule has 0 atom stereocenters. The molecule has 0 spiro atoms. The number of ether oxygens (including phenoxy) is 1. The van der Waals surface area contributed by atoms with Crippen LogP contribution >= 0.6 is 0 Å². The van der Waals surface area contributed by atoms with Crippen molar-refractivity contribution in [1.82, 2.24) is 4.98 Å². The van der Waals surface area contributed by atoms with Crippen LogP contribution in [0, 0.1) is 12.7 Å². The summed E-state index contributed by atoms with van der Waals surface area (Å²) in [6, 6.07) is 0. The quantitative estimate of drug-likeness (QED) is 0.771. The zero-order valence-corrected chi connectivity index (χ0v) is 11.1. The Morgan fingerprint density at radius 3 is 2.53 bits per heavy atom. The van der Waals surface area contributed by atoms with Gasteiger partial charge in [-0.15, -0.1) is 0 Å².